The Morgan fingerprint density at radius 2 is 1.81 bits per heavy atom. The fourth-order valence-corrected chi connectivity index (χ4v) is 2.61. The van der Waals surface area contributed by atoms with Gasteiger partial charge in [0.1, 0.15) is 5.82 Å². The Morgan fingerprint density at radius 3 is 2.33 bits per heavy atom. The number of anilines is 1. The Hall–Kier alpha value is -1.09. The zero-order valence-corrected chi connectivity index (χ0v) is 14.7. The predicted molar refractivity (Wildman–Crippen MR) is 93.1 cm³/mol. The van der Waals surface area contributed by atoms with Crippen molar-refractivity contribution in [2.75, 3.05) is 18.5 Å². The number of rotatable bonds is 9. The number of pyridine rings is 1. The average Bonchev–Trinajstić information content (AvgIpc) is 2.48. The fourth-order valence-electron chi connectivity index (χ4n) is 2.61. The van der Waals surface area contributed by atoms with E-state index in [0.29, 0.717) is 12.0 Å². The van der Waals surface area contributed by atoms with Gasteiger partial charge in [-0.05, 0) is 49.4 Å². The highest BCUT2D eigenvalue weighted by atomic mass is 15.2. The van der Waals surface area contributed by atoms with Gasteiger partial charge in [-0.2, -0.15) is 0 Å². The zero-order valence-electron chi connectivity index (χ0n) is 14.7. The van der Waals surface area contributed by atoms with Gasteiger partial charge in [0.25, 0.3) is 0 Å². The first-order valence-electron chi connectivity index (χ1n) is 8.47. The number of aromatic nitrogens is 1. The second kappa shape index (κ2) is 9.04. The van der Waals surface area contributed by atoms with E-state index in [-0.39, 0.29) is 0 Å². The molecule has 0 bridgehead atoms. The van der Waals surface area contributed by atoms with Crippen LogP contribution >= 0.6 is 0 Å². The molecule has 0 radical (unpaired) electrons. The average molecular weight is 291 g/mol. The summed E-state index contributed by atoms with van der Waals surface area (Å²) in [7, 11) is 2.17. The van der Waals surface area contributed by atoms with Crippen molar-refractivity contribution in [2.45, 2.75) is 72.4 Å². The van der Waals surface area contributed by atoms with Crippen LogP contribution in [-0.4, -0.2) is 24.6 Å². The van der Waals surface area contributed by atoms with Gasteiger partial charge in [-0.1, -0.05) is 34.6 Å². The van der Waals surface area contributed by atoms with Gasteiger partial charge in [0.15, 0.2) is 0 Å². The number of hydrogen-bond donors (Lipinski definition) is 1. The van der Waals surface area contributed by atoms with Gasteiger partial charge >= 0.3 is 0 Å². The number of hydrogen-bond acceptors (Lipinski definition) is 3. The maximum absolute atomic E-state index is 4.88. The van der Waals surface area contributed by atoms with Crippen molar-refractivity contribution in [3.05, 3.63) is 23.4 Å². The van der Waals surface area contributed by atoms with Crippen molar-refractivity contribution in [2.24, 2.45) is 0 Å². The van der Waals surface area contributed by atoms with E-state index in [1.165, 1.54) is 17.7 Å². The zero-order chi connectivity index (χ0) is 15.8. The molecule has 0 aliphatic rings. The lowest BCUT2D eigenvalue weighted by molar-refractivity contribution is 0.584. The van der Waals surface area contributed by atoms with Gasteiger partial charge < -0.3 is 10.2 Å². The molecule has 0 fully saturated rings. The second-order valence-corrected chi connectivity index (χ2v) is 6.17. The van der Waals surface area contributed by atoms with Gasteiger partial charge in [0.2, 0.25) is 0 Å². The topological polar surface area (TPSA) is 28.2 Å². The highest BCUT2D eigenvalue weighted by Crippen LogP contribution is 2.22. The van der Waals surface area contributed by atoms with Crippen molar-refractivity contribution < 1.29 is 0 Å². The summed E-state index contributed by atoms with van der Waals surface area (Å²) in [6.07, 6.45) is 3.48. The van der Waals surface area contributed by atoms with Gasteiger partial charge in [-0.25, -0.2) is 4.98 Å². The standard InChI is InChI=1S/C18H33N3/c1-7-10-19-13-15-11-17(14(4)5)20-18(12-15)21(6)16(8-2)9-3/h11-12,14,16,19H,7-10,13H2,1-6H3. The van der Waals surface area contributed by atoms with Crippen LogP contribution in [0.25, 0.3) is 0 Å². The van der Waals surface area contributed by atoms with Crippen LogP contribution in [0.1, 0.15) is 71.1 Å². The minimum absolute atomic E-state index is 0.463. The molecule has 0 saturated carbocycles. The highest BCUT2D eigenvalue weighted by Gasteiger charge is 2.15. The first-order valence-corrected chi connectivity index (χ1v) is 8.47. The Kier molecular flexibility index (Phi) is 7.73. The van der Waals surface area contributed by atoms with Crippen LogP contribution < -0.4 is 10.2 Å². The number of nitrogens with one attached hydrogen (secondary N) is 1. The maximum atomic E-state index is 4.88. The largest absolute Gasteiger partial charge is 0.357 e. The normalized spacial score (nSPS) is 11.4. The molecule has 0 aliphatic heterocycles. The SMILES string of the molecule is CCCNCc1cc(C(C)C)nc(N(C)C(CC)CC)c1. The van der Waals surface area contributed by atoms with Gasteiger partial charge in [-0.3, -0.25) is 0 Å². The third-order valence-electron chi connectivity index (χ3n) is 4.09. The summed E-state index contributed by atoms with van der Waals surface area (Å²) >= 11 is 0. The molecular formula is C18H33N3. The lowest BCUT2D eigenvalue weighted by Gasteiger charge is -2.28. The van der Waals surface area contributed by atoms with E-state index in [0.717, 1.165) is 31.7 Å². The molecule has 1 aromatic rings. The fraction of sp³-hybridized carbons (Fsp3) is 0.722. The molecule has 0 amide bonds. The van der Waals surface area contributed by atoms with Crippen molar-refractivity contribution in [1.29, 1.82) is 0 Å². The summed E-state index contributed by atoms with van der Waals surface area (Å²) in [5, 5.41) is 3.49. The number of nitrogens with zero attached hydrogens (tertiary/aromatic N) is 2. The Morgan fingerprint density at radius 1 is 1.14 bits per heavy atom. The molecule has 3 nitrogen and oxygen atoms in total. The summed E-state index contributed by atoms with van der Waals surface area (Å²) < 4.78 is 0. The lowest BCUT2D eigenvalue weighted by atomic mass is 10.1. The molecule has 0 atom stereocenters. The Balaban J connectivity index is 3.01. The first-order chi connectivity index (χ1) is 10.0. The molecular weight excluding hydrogens is 258 g/mol. The molecule has 1 aromatic heterocycles. The summed E-state index contributed by atoms with van der Waals surface area (Å²) in [6, 6.07) is 5.06. The minimum Gasteiger partial charge on any atom is -0.357 e. The third kappa shape index (κ3) is 5.31. The molecule has 3 heteroatoms. The van der Waals surface area contributed by atoms with Crippen LogP contribution in [0.2, 0.25) is 0 Å². The van der Waals surface area contributed by atoms with E-state index in [1.54, 1.807) is 0 Å². The van der Waals surface area contributed by atoms with Crippen LogP contribution in [0.3, 0.4) is 0 Å². The summed E-state index contributed by atoms with van der Waals surface area (Å²) in [5.74, 6) is 1.58. The third-order valence-corrected chi connectivity index (χ3v) is 4.09. The second-order valence-electron chi connectivity index (χ2n) is 6.17. The Labute approximate surface area is 131 Å². The highest BCUT2D eigenvalue weighted by molar-refractivity contribution is 5.43. The molecule has 0 aliphatic carbocycles. The van der Waals surface area contributed by atoms with E-state index in [1.807, 2.05) is 0 Å². The monoisotopic (exact) mass is 291 g/mol. The molecule has 1 N–H and O–H groups in total. The van der Waals surface area contributed by atoms with Crippen molar-refractivity contribution in [1.82, 2.24) is 10.3 Å². The predicted octanol–water partition coefficient (Wildman–Crippen LogP) is 4.33. The van der Waals surface area contributed by atoms with E-state index >= 15 is 0 Å². The maximum Gasteiger partial charge on any atom is 0.129 e. The molecule has 0 aromatic carbocycles. The van der Waals surface area contributed by atoms with Crippen LogP contribution in [0.15, 0.2) is 12.1 Å². The quantitative estimate of drug-likeness (QED) is 0.686. The molecule has 0 saturated heterocycles. The van der Waals surface area contributed by atoms with Gasteiger partial charge in [-0.15, -0.1) is 0 Å². The van der Waals surface area contributed by atoms with Crippen LogP contribution in [0, 0.1) is 0 Å². The molecule has 0 spiro atoms. The van der Waals surface area contributed by atoms with Crippen LogP contribution in [0.5, 0.6) is 0 Å². The van der Waals surface area contributed by atoms with Gasteiger partial charge in [0, 0.05) is 25.3 Å². The van der Waals surface area contributed by atoms with Crippen molar-refractivity contribution in [3.8, 4) is 0 Å². The van der Waals surface area contributed by atoms with E-state index in [4.69, 9.17) is 4.98 Å². The summed E-state index contributed by atoms with van der Waals surface area (Å²) in [4.78, 5) is 7.22. The minimum atomic E-state index is 0.463. The van der Waals surface area contributed by atoms with Crippen LogP contribution in [0.4, 0.5) is 5.82 Å². The lowest BCUT2D eigenvalue weighted by Crippen LogP contribution is -2.31. The van der Waals surface area contributed by atoms with Gasteiger partial charge in [0.05, 0.1) is 0 Å². The van der Waals surface area contributed by atoms with E-state index in [9.17, 15) is 0 Å². The van der Waals surface area contributed by atoms with E-state index < -0.39 is 0 Å². The molecule has 21 heavy (non-hydrogen) atoms. The van der Waals surface area contributed by atoms with Crippen molar-refractivity contribution in [3.63, 3.8) is 0 Å². The molecule has 120 valence electrons. The first kappa shape index (κ1) is 18.0. The van der Waals surface area contributed by atoms with Crippen LogP contribution in [-0.2, 0) is 6.54 Å². The molecule has 1 rings (SSSR count). The summed E-state index contributed by atoms with van der Waals surface area (Å²) in [5.41, 5.74) is 2.54. The Bertz CT molecular complexity index is 411. The molecule has 1 heterocycles. The summed E-state index contributed by atoms with van der Waals surface area (Å²) in [6.45, 7) is 13.1. The molecule has 0 unspecified atom stereocenters. The smallest absolute Gasteiger partial charge is 0.129 e. The van der Waals surface area contributed by atoms with E-state index in [2.05, 4.69) is 64.0 Å². The van der Waals surface area contributed by atoms with Crippen molar-refractivity contribution >= 4 is 5.82 Å².